The van der Waals surface area contributed by atoms with Crippen LogP contribution in [0.3, 0.4) is 0 Å². The number of carbonyl (C=O) groups is 2. The fourth-order valence-electron chi connectivity index (χ4n) is 1.63. The van der Waals surface area contributed by atoms with Crippen LogP contribution in [0, 0.1) is 5.92 Å². The van der Waals surface area contributed by atoms with Crippen molar-refractivity contribution in [1.29, 1.82) is 0 Å². The molecule has 1 fully saturated rings. The van der Waals surface area contributed by atoms with Gasteiger partial charge in [-0.25, -0.2) is 4.79 Å². The summed E-state index contributed by atoms with van der Waals surface area (Å²) < 4.78 is 14.3. The zero-order valence-corrected chi connectivity index (χ0v) is 9.34. The highest BCUT2D eigenvalue weighted by atomic mass is 16.6. The number of aliphatic hydroxyl groups excluding tert-OH is 1. The van der Waals surface area contributed by atoms with Gasteiger partial charge in [0.1, 0.15) is 5.92 Å². The van der Waals surface area contributed by atoms with E-state index in [1.165, 1.54) is 14.2 Å². The molecular formula is C10H16O6. The van der Waals surface area contributed by atoms with E-state index in [4.69, 9.17) is 4.74 Å². The third kappa shape index (κ3) is 2.93. The van der Waals surface area contributed by atoms with Gasteiger partial charge in [-0.05, 0) is 12.8 Å². The Bertz CT molecular complexity index is 264. The van der Waals surface area contributed by atoms with Crippen LogP contribution in [0.5, 0.6) is 0 Å². The summed E-state index contributed by atoms with van der Waals surface area (Å²) >= 11 is 0. The summed E-state index contributed by atoms with van der Waals surface area (Å²) in [5.41, 5.74) is 0. The molecule has 1 N–H and O–H groups in total. The fraction of sp³-hybridized carbons (Fsp3) is 0.800. The van der Waals surface area contributed by atoms with Crippen LogP contribution in [0.2, 0.25) is 0 Å². The lowest BCUT2D eigenvalue weighted by atomic mass is 10.00. The van der Waals surface area contributed by atoms with Gasteiger partial charge >= 0.3 is 11.9 Å². The second-order valence-corrected chi connectivity index (χ2v) is 3.62. The molecule has 0 aromatic heterocycles. The van der Waals surface area contributed by atoms with Crippen LogP contribution < -0.4 is 0 Å². The number of rotatable bonds is 2. The average molecular weight is 232 g/mol. The summed E-state index contributed by atoms with van der Waals surface area (Å²) in [6.07, 6.45) is -0.919. The van der Waals surface area contributed by atoms with Gasteiger partial charge in [-0.3, -0.25) is 4.79 Å². The van der Waals surface area contributed by atoms with Gasteiger partial charge in [-0.2, -0.15) is 0 Å². The van der Waals surface area contributed by atoms with Gasteiger partial charge < -0.3 is 19.3 Å². The molecule has 1 rings (SSSR count). The van der Waals surface area contributed by atoms with E-state index in [0.29, 0.717) is 12.8 Å². The van der Waals surface area contributed by atoms with Crippen molar-refractivity contribution in [3.8, 4) is 0 Å². The summed E-state index contributed by atoms with van der Waals surface area (Å²) in [6.45, 7) is -0.0341. The van der Waals surface area contributed by atoms with Crippen LogP contribution in [-0.4, -0.2) is 50.1 Å². The molecule has 92 valence electrons. The van der Waals surface area contributed by atoms with E-state index in [0.717, 1.165) is 0 Å². The van der Waals surface area contributed by atoms with Crippen molar-refractivity contribution in [3.05, 3.63) is 0 Å². The highest BCUT2D eigenvalue weighted by Gasteiger charge is 2.35. The topological polar surface area (TPSA) is 82.1 Å². The van der Waals surface area contributed by atoms with Crippen LogP contribution >= 0.6 is 0 Å². The van der Waals surface area contributed by atoms with Crippen LogP contribution in [0.25, 0.3) is 0 Å². The van der Waals surface area contributed by atoms with Crippen molar-refractivity contribution < 1.29 is 28.9 Å². The Balaban J connectivity index is 2.62. The van der Waals surface area contributed by atoms with Crippen molar-refractivity contribution >= 4 is 11.9 Å². The molecule has 3 atom stereocenters. The molecule has 0 bridgehead atoms. The molecule has 0 aromatic rings. The van der Waals surface area contributed by atoms with Crippen molar-refractivity contribution in [2.45, 2.75) is 25.0 Å². The first-order valence-electron chi connectivity index (χ1n) is 5.05. The molecule has 0 aliphatic carbocycles. The minimum atomic E-state index is -0.845. The lowest BCUT2D eigenvalue weighted by Gasteiger charge is -2.16. The molecular weight excluding hydrogens is 216 g/mol. The highest BCUT2D eigenvalue weighted by Crippen LogP contribution is 2.20. The molecule has 0 aromatic carbocycles. The number of methoxy groups -OCH3 is 2. The second-order valence-electron chi connectivity index (χ2n) is 3.62. The minimum Gasteiger partial charge on any atom is -0.469 e. The van der Waals surface area contributed by atoms with E-state index in [2.05, 4.69) is 9.47 Å². The summed E-state index contributed by atoms with van der Waals surface area (Å²) in [7, 11) is 2.52. The number of hydrogen-bond acceptors (Lipinski definition) is 6. The maximum Gasteiger partial charge on any atom is 0.334 e. The predicted octanol–water partition coefficient (Wildman–Crippen LogP) is -0.512. The maximum atomic E-state index is 11.3. The van der Waals surface area contributed by atoms with Crippen LogP contribution in [0.1, 0.15) is 12.8 Å². The van der Waals surface area contributed by atoms with Gasteiger partial charge in [0.25, 0.3) is 0 Å². The predicted molar refractivity (Wildman–Crippen MR) is 52.5 cm³/mol. The van der Waals surface area contributed by atoms with E-state index in [-0.39, 0.29) is 6.61 Å². The lowest BCUT2D eigenvalue weighted by molar-refractivity contribution is -0.159. The molecule has 1 heterocycles. The Labute approximate surface area is 93.5 Å². The van der Waals surface area contributed by atoms with E-state index in [9.17, 15) is 14.7 Å². The van der Waals surface area contributed by atoms with Gasteiger partial charge in [0, 0.05) is 0 Å². The highest BCUT2D eigenvalue weighted by molar-refractivity contribution is 5.75. The third-order valence-electron chi connectivity index (χ3n) is 2.63. The van der Waals surface area contributed by atoms with Crippen LogP contribution in [0.15, 0.2) is 0 Å². The fourth-order valence-corrected chi connectivity index (χ4v) is 1.63. The minimum absolute atomic E-state index is 0.0341. The maximum absolute atomic E-state index is 11.3. The third-order valence-corrected chi connectivity index (χ3v) is 2.63. The Kier molecular flexibility index (Phi) is 4.70. The molecule has 1 aliphatic rings. The zero-order valence-electron chi connectivity index (χ0n) is 9.34. The summed E-state index contributed by atoms with van der Waals surface area (Å²) in [4.78, 5) is 22.5. The first kappa shape index (κ1) is 12.9. The van der Waals surface area contributed by atoms with Crippen molar-refractivity contribution in [2.75, 3.05) is 20.8 Å². The molecule has 0 unspecified atom stereocenters. The van der Waals surface area contributed by atoms with E-state index in [1.807, 2.05) is 0 Å². The van der Waals surface area contributed by atoms with E-state index in [1.54, 1.807) is 0 Å². The average Bonchev–Trinajstić information content (AvgIpc) is 2.49. The molecule has 0 radical (unpaired) electrons. The number of ether oxygens (including phenoxy) is 3. The smallest absolute Gasteiger partial charge is 0.334 e. The summed E-state index contributed by atoms with van der Waals surface area (Å²) in [6, 6.07) is 0. The quantitative estimate of drug-likeness (QED) is 0.646. The first-order chi connectivity index (χ1) is 7.60. The molecule has 0 spiro atoms. The van der Waals surface area contributed by atoms with Crippen molar-refractivity contribution in [1.82, 2.24) is 0 Å². The van der Waals surface area contributed by atoms with Crippen LogP contribution in [0.4, 0.5) is 0 Å². The van der Waals surface area contributed by atoms with E-state index >= 15 is 0 Å². The molecule has 6 heteroatoms. The Morgan fingerprint density at radius 3 is 2.38 bits per heavy atom. The first-order valence-corrected chi connectivity index (χ1v) is 5.05. The summed E-state index contributed by atoms with van der Waals surface area (Å²) in [5.74, 6) is -1.75. The number of carbonyl (C=O) groups excluding carboxylic acids is 2. The van der Waals surface area contributed by atoms with Gasteiger partial charge in [0.2, 0.25) is 0 Å². The monoisotopic (exact) mass is 232 g/mol. The van der Waals surface area contributed by atoms with Crippen LogP contribution in [-0.2, 0) is 23.8 Å². The van der Waals surface area contributed by atoms with Gasteiger partial charge in [0.15, 0.2) is 6.10 Å². The number of esters is 2. The Morgan fingerprint density at radius 2 is 1.81 bits per heavy atom. The normalized spacial score (nSPS) is 30.3. The van der Waals surface area contributed by atoms with E-state index < -0.39 is 30.1 Å². The van der Waals surface area contributed by atoms with Gasteiger partial charge in [-0.15, -0.1) is 0 Å². The molecule has 0 amide bonds. The number of hydrogen-bond donors (Lipinski definition) is 1. The van der Waals surface area contributed by atoms with Crippen molar-refractivity contribution in [3.63, 3.8) is 0 Å². The zero-order chi connectivity index (χ0) is 12.1. The Morgan fingerprint density at radius 1 is 1.19 bits per heavy atom. The van der Waals surface area contributed by atoms with Crippen molar-refractivity contribution in [2.24, 2.45) is 5.92 Å². The molecule has 1 saturated heterocycles. The lowest BCUT2D eigenvalue weighted by Crippen LogP contribution is -2.32. The second kappa shape index (κ2) is 5.81. The molecule has 16 heavy (non-hydrogen) atoms. The molecule has 6 nitrogen and oxygen atoms in total. The van der Waals surface area contributed by atoms with Gasteiger partial charge in [0.05, 0.1) is 26.9 Å². The number of aliphatic hydroxyl groups is 1. The molecule has 0 saturated carbocycles. The molecule has 1 aliphatic heterocycles. The summed E-state index contributed by atoms with van der Waals surface area (Å²) in [5, 5.41) is 9.69. The Hall–Kier alpha value is -1.14. The SMILES string of the molecule is COC(=O)[C@H]1CO[C@@H](C(=O)OC)CC[C@@H]1O. The largest absolute Gasteiger partial charge is 0.469 e. The van der Waals surface area contributed by atoms with Gasteiger partial charge in [-0.1, -0.05) is 0 Å². The standard InChI is InChI=1S/C10H16O6/c1-14-9(12)6-5-16-8(10(13)15-2)4-3-7(6)11/h6-8,11H,3-5H2,1-2H3/t6-,7-,8+/m0/s1.